The zero-order valence-corrected chi connectivity index (χ0v) is 16.7. The van der Waals surface area contributed by atoms with Crippen LogP contribution in [0, 0.1) is 0 Å². The van der Waals surface area contributed by atoms with Gasteiger partial charge in [-0.15, -0.1) is 0 Å². The standard InChI is InChI=1S/C22H22F3N3O2/c1-3-28(17-10-12-18(13-11-17)29-4-2)20-19(22(23,24)25)14-26-21(27-20)30-15-16-8-6-5-7-9-16/h5-14H,3-4,15H2,1-2H3. The minimum atomic E-state index is -4.61. The van der Waals surface area contributed by atoms with Gasteiger partial charge >= 0.3 is 12.2 Å². The molecule has 8 heteroatoms. The molecule has 1 aromatic heterocycles. The number of halogens is 3. The topological polar surface area (TPSA) is 47.5 Å². The van der Waals surface area contributed by atoms with Crippen LogP contribution in [0.4, 0.5) is 24.7 Å². The summed E-state index contributed by atoms with van der Waals surface area (Å²) in [4.78, 5) is 9.34. The van der Waals surface area contributed by atoms with Crippen LogP contribution in [-0.4, -0.2) is 23.1 Å². The highest BCUT2D eigenvalue weighted by molar-refractivity contribution is 5.64. The summed E-state index contributed by atoms with van der Waals surface area (Å²) in [5, 5.41) is 0. The van der Waals surface area contributed by atoms with Crippen LogP contribution in [0.25, 0.3) is 0 Å². The normalized spacial score (nSPS) is 11.2. The molecule has 0 bridgehead atoms. The monoisotopic (exact) mass is 417 g/mol. The van der Waals surface area contributed by atoms with E-state index in [4.69, 9.17) is 9.47 Å². The van der Waals surface area contributed by atoms with Crippen molar-refractivity contribution >= 4 is 11.5 Å². The molecule has 1 heterocycles. The molecule has 0 amide bonds. The highest BCUT2D eigenvalue weighted by atomic mass is 19.4. The van der Waals surface area contributed by atoms with E-state index in [0.717, 1.165) is 11.8 Å². The third-order valence-corrected chi connectivity index (χ3v) is 4.29. The fraction of sp³-hybridized carbons (Fsp3) is 0.273. The van der Waals surface area contributed by atoms with Crippen LogP contribution in [0.15, 0.2) is 60.8 Å². The fourth-order valence-corrected chi connectivity index (χ4v) is 2.90. The molecule has 2 aromatic carbocycles. The summed E-state index contributed by atoms with van der Waals surface area (Å²) >= 11 is 0. The zero-order valence-electron chi connectivity index (χ0n) is 16.7. The summed E-state index contributed by atoms with van der Waals surface area (Å²) in [5.41, 5.74) is 0.492. The average Bonchev–Trinajstić information content (AvgIpc) is 2.74. The second-order valence-electron chi connectivity index (χ2n) is 6.33. The number of nitrogens with zero attached hydrogens (tertiary/aromatic N) is 3. The Kier molecular flexibility index (Phi) is 6.76. The van der Waals surface area contributed by atoms with Crippen molar-refractivity contribution in [2.24, 2.45) is 0 Å². The van der Waals surface area contributed by atoms with Crippen LogP contribution in [0.2, 0.25) is 0 Å². The molecular weight excluding hydrogens is 395 g/mol. The molecule has 30 heavy (non-hydrogen) atoms. The lowest BCUT2D eigenvalue weighted by Gasteiger charge is -2.25. The van der Waals surface area contributed by atoms with Gasteiger partial charge in [0.1, 0.15) is 17.9 Å². The summed E-state index contributed by atoms with van der Waals surface area (Å²) in [7, 11) is 0. The largest absolute Gasteiger partial charge is 0.494 e. The first kappa shape index (κ1) is 21.4. The van der Waals surface area contributed by atoms with E-state index < -0.39 is 11.7 Å². The molecule has 0 atom stereocenters. The minimum absolute atomic E-state index is 0.119. The van der Waals surface area contributed by atoms with Crippen LogP contribution in [-0.2, 0) is 12.8 Å². The van der Waals surface area contributed by atoms with E-state index in [2.05, 4.69) is 9.97 Å². The third kappa shape index (κ3) is 5.20. The summed E-state index contributed by atoms with van der Waals surface area (Å²) < 4.78 is 51.9. The Morgan fingerprint density at radius 3 is 2.23 bits per heavy atom. The first-order valence-corrected chi connectivity index (χ1v) is 9.53. The Hall–Kier alpha value is -3.29. The molecule has 158 valence electrons. The van der Waals surface area contributed by atoms with E-state index in [1.165, 1.54) is 4.90 Å². The van der Waals surface area contributed by atoms with Gasteiger partial charge in [0.25, 0.3) is 0 Å². The lowest BCUT2D eigenvalue weighted by atomic mass is 10.2. The number of hydrogen-bond acceptors (Lipinski definition) is 5. The lowest BCUT2D eigenvalue weighted by Crippen LogP contribution is -2.23. The summed E-state index contributed by atoms with van der Waals surface area (Å²) in [6, 6.07) is 16.0. The maximum Gasteiger partial charge on any atom is 0.421 e. The van der Waals surface area contributed by atoms with Crippen molar-refractivity contribution in [2.45, 2.75) is 26.6 Å². The van der Waals surface area contributed by atoms with Crippen molar-refractivity contribution in [1.82, 2.24) is 9.97 Å². The van der Waals surface area contributed by atoms with E-state index in [0.29, 0.717) is 18.0 Å². The fourth-order valence-electron chi connectivity index (χ4n) is 2.90. The SMILES string of the molecule is CCOc1ccc(N(CC)c2nc(OCc3ccccc3)ncc2C(F)(F)F)cc1. The molecule has 0 saturated heterocycles. The number of aromatic nitrogens is 2. The van der Waals surface area contributed by atoms with Gasteiger partial charge < -0.3 is 14.4 Å². The Morgan fingerprint density at radius 1 is 0.933 bits per heavy atom. The van der Waals surface area contributed by atoms with Crippen LogP contribution in [0.1, 0.15) is 25.0 Å². The number of alkyl halides is 3. The Balaban J connectivity index is 1.93. The predicted octanol–water partition coefficient (Wildman–Crippen LogP) is 5.63. The minimum Gasteiger partial charge on any atom is -0.494 e. The van der Waals surface area contributed by atoms with Crippen LogP contribution in [0.3, 0.4) is 0 Å². The van der Waals surface area contributed by atoms with Gasteiger partial charge in [0.2, 0.25) is 0 Å². The van der Waals surface area contributed by atoms with E-state index in [9.17, 15) is 13.2 Å². The lowest BCUT2D eigenvalue weighted by molar-refractivity contribution is -0.137. The number of anilines is 2. The van der Waals surface area contributed by atoms with Gasteiger partial charge in [-0.3, -0.25) is 0 Å². The van der Waals surface area contributed by atoms with E-state index in [1.54, 1.807) is 31.2 Å². The van der Waals surface area contributed by atoms with Gasteiger partial charge in [-0.1, -0.05) is 30.3 Å². The number of ether oxygens (including phenoxy) is 2. The van der Waals surface area contributed by atoms with E-state index in [-0.39, 0.29) is 25.0 Å². The molecule has 3 aromatic rings. The Morgan fingerprint density at radius 2 is 1.63 bits per heavy atom. The molecule has 3 rings (SSSR count). The molecule has 0 N–H and O–H groups in total. The molecule has 0 radical (unpaired) electrons. The Labute approximate surface area is 173 Å². The van der Waals surface area contributed by atoms with Gasteiger partial charge in [-0.2, -0.15) is 18.2 Å². The van der Waals surface area contributed by atoms with Crippen LogP contribution >= 0.6 is 0 Å². The first-order valence-electron chi connectivity index (χ1n) is 9.53. The third-order valence-electron chi connectivity index (χ3n) is 4.29. The van der Waals surface area contributed by atoms with Crippen LogP contribution < -0.4 is 14.4 Å². The smallest absolute Gasteiger partial charge is 0.421 e. The molecule has 0 aliphatic carbocycles. The molecular formula is C22H22F3N3O2. The van der Waals surface area contributed by atoms with Crippen molar-refractivity contribution in [1.29, 1.82) is 0 Å². The molecule has 0 spiro atoms. The first-order chi connectivity index (χ1) is 14.4. The second-order valence-corrected chi connectivity index (χ2v) is 6.33. The molecule has 0 aliphatic heterocycles. The quantitative estimate of drug-likeness (QED) is 0.475. The van der Waals surface area contributed by atoms with Gasteiger partial charge in [-0.25, -0.2) is 4.98 Å². The van der Waals surface area contributed by atoms with Gasteiger partial charge in [0, 0.05) is 18.4 Å². The van der Waals surface area contributed by atoms with E-state index in [1.807, 2.05) is 37.3 Å². The molecule has 0 aliphatic rings. The predicted molar refractivity (Wildman–Crippen MR) is 108 cm³/mol. The highest BCUT2D eigenvalue weighted by Crippen LogP contribution is 2.38. The van der Waals surface area contributed by atoms with Crippen molar-refractivity contribution < 1.29 is 22.6 Å². The van der Waals surface area contributed by atoms with Gasteiger partial charge in [-0.05, 0) is 43.7 Å². The highest BCUT2D eigenvalue weighted by Gasteiger charge is 2.37. The molecule has 5 nitrogen and oxygen atoms in total. The van der Waals surface area contributed by atoms with Crippen molar-refractivity contribution in [3.63, 3.8) is 0 Å². The van der Waals surface area contributed by atoms with Crippen molar-refractivity contribution in [3.05, 3.63) is 71.9 Å². The van der Waals surface area contributed by atoms with Crippen LogP contribution in [0.5, 0.6) is 11.8 Å². The van der Waals surface area contributed by atoms with E-state index >= 15 is 0 Å². The zero-order chi connectivity index (χ0) is 21.6. The number of rotatable bonds is 8. The molecule has 0 unspecified atom stereocenters. The number of hydrogen-bond donors (Lipinski definition) is 0. The molecule has 0 fully saturated rings. The average molecular weight is 417 g/mol. The van der Waals surface area contributed by atoms with Gasteiger partial charge in [0.05, 0.1) is 6.61 Å². The number of benzene rings is 2. The summed E-state index contributed by atoms with van der Waals surface area (Å²) in [6.45, 7) is 4.54. The van der Waals surface area contributed by atoms with Gasteiger partial charge in [0.15, 0.2) is 5.82 Å². The second kappa shape index (κ2) is 9.47. The Bertz CT molecular complexity index is 948. The van der Waals surface area contributed by atoms with Crippen molar-refractivity contribution in [2.75, 3.05) is 18.1 Å². The maximum atomic E-state index is 13.6. The summed E-state index contributed by atoms with van der Waals surface area (Å²) in [6.07, 6.45) is -3.84. The summed E-state index contributed by atoms with van der Waals surface area (Å²) in [5.74, 6) is 0.384. The van der Waals surface area contributed by atoms with Crippen molar-refractivity contribution in [3.8, 4) is 11.8 Å². The maximum absolute atomic E-state index is 13.6. The molecule has 0 saturated carbocycles.